The maximum atomic E-state index is 12.7. The second kappa shape index (κ2) is 11.8. The number of benzene rings is 2. The van der Waals surface area contributed by atoms with Crippen LogP contribution >= 0.6 is 11.6 Å². The zero-order valence-electron chi connectivity index (χ0n) is 21.2. The number of ether oxygens (including phenoxy) is 1. The lowest BCUT2D eigenvalue weighted by Gasteiger charge is -2.25. The van der Waals surface area contributed by atoms with E-state index < -0.39 is 0 Å². The molecule has 8 heteroatoms. The van der Waals surface area contributed by atoms with Crippen LogP contribution in [0, 0.1) is 0 Å². The number of rotatable bonds is 8. The van der Waals surface area contributed by atoms with Gasteiger partial charge < -0.3 is 15.8 Å². The highest BCUT2D eigenvalue weighted by Crippen LogP contribution is 2.39. The number of likely N-dealkylation sites (tertiary alicyclic amines) is 1. The number of amides is 1. The highest BCUT2D eigenvalue weighted by atomic mass is 35.5. The van der Waals surface area contributed by atoms with Crippen molar-refractivity contribution < 1.29 is 14.3 Å². The van der Waals surface area contributed by atoms with Crippen molar-refractivity contribution in [1.29, 1.82) is 0 Å². The van der Waals surface area contributed by atoms with Crippen LogP contribution in [-0.4, -0.2) is 53.9 Å². The molecule has 196 valence electrons. The van der Waals surface area contributed by atoms with Gasteiger partial charge in [-0.1, -0.05) is 42.3 Å². The lowest BCUT2D eigenvalue weighted by atomic mass is 9.99. The van der Waals surface area contributed by atoms with Gasteiger partial charge in [-0.15, -0.1) is 0 Å². The monoisotopic (exact) mass is 530 g/mol. The fraction of sp³-hybridized carbons (Fsp3) is 0.300. The van der Waals surface area contributed by atoms with Crippen molar-refractivity contribution in [2.45, 2.75) is 31.8 Å². The molecule has 3 aromatic rings. The molecule has 2 aliphatic heterocycles. The smallest absolute Gasteiger partial charge is 0.244 e. The second-order valence-corrected chi connectivity index (χ2v) is 10.2. The maximum Gasteiger partial charge on any atom is 0.244 e. The average Bonchev–Trinajstić information content (AvgIpc) is 3.36. The van der Waals surface area contributed by atoms with E-state index in [1.807, 2.05) is 30.3 Å². The molecule has 1 saturated heterocycles. The summed E-state index contributed by atoms with van der Waals surface area (Å²) in [5.74, 6) is 1.03. The van der Waals surface area contributed by atoms with Gasteiger partial charge in [0.05, 0.1) is 18.1 Å². The first-order valence-electron chi connectivity index (χ1n) is 13.0. The summed E-state index contributed by atoms with van der Waals surface area (Å²) >= 11 is 6.57. The summed E-state index contributed by atoms with van der Waals surface area (Å²) in [4.78, 5) is 31.2. The number of pyridine rings is 1. The minimum absolute atomic E-state index is 0.156. The van der Waals surface area contributed by atoms with Crippen molar-refractivity contribution in [2.24, 2.45) is 0 Å². The Bertz CT molecular complexity index is 1330. The number of hydrogen-bond acceptors (Lipinski definition) is 6. The number of aromatic nitrogens is 1. The third kappa shape index (κ3) is 6.41. The van der Waals surface area contributed by atoms with Gasteiger partial charge >= 0.3 is 0 Å². The molecule has 1 atom stereocenters. The SMILES string of the molecule is Nc1ccc(/C=C/C(=O)NCC2Cc3cc(-c4ccc(C(=O)CN5CCCCC5)cc4)cc(Cl)c3O2)cn1. The molecule has 38 heavy (non-hydrogen) atoms. The Hall–Kier alpha value is -3.68. The van der Waals surface area contributed by atoms with Gasteiger partial charge in [-0.25, -0.2) is 4.98 Å². The zero-order valence-corrected chi connectivity index (χ0v) is 21.9. The number of nitrogens with zero attached hydrogens (tertiary/aromatic N) is 2. The van der Waals surface area contributed by atoms with Crippen LogP contribution in [0.25, 0.3) is 17.2 Å². The Kier molecular flexibility index (Phi) is 8.05. The standard InChI is InChI=1S/C30H31ClN4O3/c31-26-16-23(21-6-8-22(9-7-21)27(36)19-35-12-2-1-3-13-35)14-24-15-25(38-30(24)26)18-34-29(37)11-5-20-4-10-28(32)33-17-20/h4-11,14,16-17,25H,1-3,12-13,15,18-19H2,(H2,32,33)(H,34,37)/b11-5+. The number of fused-ring (bicyclic) bond motifs is 1. The van der Waals surface area contributed by atoms with Gasteiger partial charge in [0, 0.05) is 29.8 Å². The second-order valence-electron chi connectivity index (χ2n) is 9.82. The van der Waals surface area contributed by atoms with Crippen LogP contribution in [-0.2, 0) is 11.2 Å². The Labute approximate surface area is 227 Å². The van der Waals surface area contributed by atoms with Crippen LogP contribution in [0.3, 0.4) is 0 Å². The van der Waals surface area contributed by atoms with Gasteiger partial charge in [0.15, 0.2) is 5.78 Å². The van der Waals surface area contributed by atoms with E-state index in [0.717, 1.165) is 40.9 Å². The quantitative estimate of drug-likeness (QED) is 0.321. The molecule has 2 aromatic carbocycles. The summed E-state index contributed by atoms with van der Waals surface area (Å²) < 4.78 is 6.03. The van der Waals surface area contributed by atoms with E-state index in [1.165, 1.54) is 25.3 Å². The van der Waals surface area contributed by atoms with Crippen molar-refractivity contribution in [2.75, 3.05) is 31.9 Å². The van der Waals surface area contributed by atoms with Gasteiger partial charge in [-0.05, 0) is 73.0 Å². The molecule has 2 aliphatic rings. The van der Waals surface area contributed by atoms with Crippen LogP contribution in [0.1, 0.15) is 40.7 Å². The molecular weight excluding hydrogens is 500 g/mol. The molecular formula is C30H31ClN4O3. The first-order valence-corrected chi connectivity index (χ1v) is 13.3. The number of halogens is 1. The number of carbonyl (C=O) groups excluding carboxylic acids is 2. The lowest BCUT2D eigenvalue weighted by Crippen LogP contribution is -2.34. The lowest BCUT2D eigenvalue weighted by molar-refractivity contribution is -0.116. The minimum Gasteiger partial charge on any atom is -0.486 e. The minimum atomic E-state index is -0.219. The topological polar surface area (TPSA) is 97.5 Å². The molecule has 0 radical (unpaired) electrons. The molecule has 0 saturated carbocycles. The summed E-state index contributed by atoms with van der Waals surface area (Å²) in [5, 5.41) is 3.41. The van der Waals surface area contributed by atoms with Gasteiger partial charge in [-0.2, -0.15) is 0 Å². The number of piperidine rings is 1. The van der Waals surface area contributed by atoms with E-state index in [0.29, 0.717) is 36.1 Å². The summed E-state index contributed by atoms with van der Waals surface area (Å²) in [5.41, 5.74) is 10.1. The normalized spacial score (nSPS) is 17.2. The molecule has 3 heterocycles. The number of nitrogens with two attached hydrogens (primary N) is 1. The first-order chi connectivity index (χ1) is 18.4. The van der Waals surface area contributed by atoms with E-state index in [4.69, 9.17) is 22.1 Å². The highest BCUT2D eigenvalue weighted by Gasteiger charge is 2.26. The molecule has 7 nitrogen and oxygen atoms in total. The van der Waals surface area contributed by atoms with Crippen molar-refractivity contribution in [1.82, 2.24) is 15.2 Å². The molecule has 0 bridgehead atoms. The largest absolute Gasteiger partial charge is 0.486 e. The van der Waals surface area contributed by atoms with Gasteiger partial charge in [0.25, 0.3) is 0 Å². The van der Waals surface area contributed by atoms with E-state index in [-0.39, 0.29) is 17.8 Å². The molecule has 1 unspecified atom stereocenters. The van der Waals surface area contributed by atoms with Crippen molar-refractivity contribution >= 4 is 35.2 Å². The van der Waals surface area contributed by atoms with Crippen LogP contribution in [0.5, 0.6) is 5.75 Å². The molecule has 0 aliphatic carbocycles. The fourth-order valence-electron chi connectivity index (χ4n) is 4.89. The van der Waals surface area contributed by atoms with E-state index in [1.54, 1.807) is 24.4 Å². The Morgan fingerprint density at radius 1 is 1.08 bits per heavy atom. The van der Waals surface area contributed by atoms with E-state index in [2.05, 4.69) is 21.3 Å². The Morgan fingerprint density at radius 3 is 2.61 bits per heavy atom. The zero-order chi connectivity index (χ0) is 26.5. The van der Waals surface area contributed by atoms with E-state index in [9.17, 15) is 9.59 Å². The summed E-state index contributed by atoms with van der Waals surface area (Å²) in [6, 6.07) is 15.2. The predicted octanol–water partition coefficient (Wildman–Crippen LogP) is 4.79. The summed E-state index contributed by atoms with van der Waals surface area (Å²) in [6.45, 7) is 2.84. The average molecular weight is 531 g/mol. The van der Waals surface area contributed by atoms with Crippen LogP contribution in [0.15, 0.2) is 60.8 Å². The highest BCUT2D eigenvalue weighted by molar-refractivity contribution is 6.32. The van der Waals surface area contributed by atoms with Crippen LogP contribution in [0.2, 0.25) is 5.02 Å². The third-order valence-electron chi connectivity index (χ3n) is 6.95. The maximum absolute atomic E-state index is 12.7. The number of nitrogen functional groups attached to an aromatic ring is 1. The van der Waals surface area contributed by atoms with Crippen LogP contribution < -0.4 is 15.8 Å². The molecule has 5 rings (SSSR count). The molecule has 0 spiro atoms. The number of ketones is 1. The van der Waals surface area contributed by atoms with Gasteiger partial charge in [-0.3, -0.25) is 14.5 Å². The van der Waals surface area contributed by atoms with Crippen molar-refractivity contribution in [3.8, 4) is 16.9 Å². The fourth-order valence-corrected chi connectivity index (χ4v) is 5.17. The third-order valence-corrected chi connectivity index (χ3v) is 7.23. The number of nitrogens with one attached hydrogen (secondary N) is 1. The number of anilines is 1. The molecule has 1 aromatic heterocycles. The number of carbonyl (C=O) groups is 2. The summed E-state index contributed by atoms with van der Waals surface area (Å²) in [6.07, 6.45) is 8.77. The molecule has 3 N–H and O–H groups in total. The van der Waals surface area contributed by atoms with Crippen LogP contribution in [0.4, 0.5) is 5.82 Å². The summed E-state index contributed by atoms with van der Waals surface area (Å²) in [7, 11) is 0. The number of Topliss-reactive ketones (excluding diaryl/α,β-unsaturated/α-hetero) is 1. The Morgan fingerprint density at radius 2 is 1.87 bits per heavy atom. The predicted molar refractivity (Wildman–Crippen MR) is 150 cm³/mol. The first kappa shape index (κ1) is 25.9. The van der Waals surface area contributed by atoms with E-state index >= 15 is 0 Å². The molecule has 1 amide bonds. The molecule has 1 fully saturated rings. The van der Waals surface area contributed by atoms with Gasteiger partial charge in [0.1, 0.15) is 17.7 Å². The van der Waals surface area contributed by atoms with Gasteiger partial charge in [0.2, 0.25) is 5.91 Å². The number of hydrogen-bond donors (Lipinski definition) is 2. The van der Waals surface area contributed by atoms with Crippen molar-refractivity contribution in [3.05, 3.63) is 82.5 Å². The van der Waals surface area contributed by atoms with Crippen molar-refractivity contribution in [3.63, 3.8) is 0 Å². The Balaban J connectivity index is 1.17.